The molecule has 0 unspecified atom stereocenters. The zero-order valence-electron chi connectivity index (χ0n) is 16.0. The van der Waals surface area contributed by atoms with Crippen LogP contribution in [0.2, 0.25) is 0 Å². The van der Waals surface area contributed by atoms with Gasteiger partial charge in [0.15, 0.2) is 0 Å². The summed E-state index contributed by atoms with van der Waals surface area (Å²) < 4.78 is 0. The van der Waals surface area contributed by atoms with Gasteiger partial charge in [0.25, 0.3) is 0 Å². The standard InChI is InChI=1S/C20H23N5O/c1-10-11(2)13(4)20(26)19(12(10)3)25-21-15-8-17-18(9-16(15)22-25)24(7)14(5)23(17)6/h8-9,26H,5H2,1-4,6-7H3. The maximum absolute atomic E-state index is 10.7. The molecule has 2 aromatic carbocycles. The minimum absolute atomic E-state index is 0.237. The lowest BCUT2D eigenvalue weighted by molar-refractivity contribution is 0.462. The highest BCUT2D eigenvalue weighted by Crippen LogP contribution is 2.41. The molecule has 6 nitrogen and oxygen atoms in total. The number of hydrogen-bond acceptors (Lipinski definition) is 5. The number of aromatic nitrogens is 3. The minimum Gasteiger partial charge on any atom is -0.505 e. The van der Waals surface area contributed by atoms with Gasteiger partial charge >= 0.3 is 0 Å². The van der Waals surface area contributed by atoms with E-state index in [0.717, 1.165) is 50.5 Å². The second-order valence-electron chi connectivity index (χ2n) is 7.05. The SMILES string of the molecule is C=C1N(C)c2cc3nn(-c4c(C)c(C)c(C)c(C)c4O)nc3cc2N1C. The van der Waals surface area contributed by atoms with Crippen LogP contribution >= 0.6 is 0 Å². The monoisotopic (exact) mass is 349 g/mol. The van der Waals surface area contributed by atoms with Gasteiger partial charge in [0, 0.05) is 14.1 Å². The van der Waals surface area contributed by atoms with Crippen molar-refractivity contribution in [3.63, 3.8) is 0 Å². The molecule has 0 amide bonds. The molecule has 1 aromatic heterocycles. The highest BCUT2D eigenvalue weighted by atomic mass is 16.3. The maximum Gasteiger partial charge on any atom is 0.146 e. The van der Waals surface area contributed by atoms with Crippen molar-refractivity contribution in [2.75, 3.05) is 23.9 Å². The van der Waals surface area contributed by atoms with Crippen LogP contribution in [0.1, 0.15) is 22.3 Å². The molecular weight excluding hydrogens is 326 g/mol. The van der Waals surface area contributed by atoms with Crippen LogP contribution in [0.3, 0.4) is 0 Å². The van der Waals surface area contributed by atoms with Crippen molar-refractivity contribution in [2.45, 2.75) is 27.7 Å². The van der Waals surface area contributed by atoms with Crippen molar-refractivity contribution < 1.29 is 5.11 Å². The third-order valence-electron chi connectivity index (χ3n) is 5.80. The molecule has 1 aliphatic rings. The molecule has 6 heteroatoms. The summed E-state index contributed by atoms with van der Waals surface area (Å²) in [5.74, 6) is 1.15. The lowest BCUT2D eigenvalue weighted by atomic mass is 9.97. The molecule has 1 N–H and O–H groups in total. The minimum atomic E-state index is 0.237. The van der Waals surface area contributed by atoms with Crippen molar-refractivity contribution in [1.82, 2.24) is 15.0 Å². The molecule has 0 saturated carbocycles. The highest BCUT2D eigenvalue weighted by Gasteiger charge is 2.26. The van der Waals surface area contributed by atoms with Crippen LogP contribution in [-0.4, -0.2) is 34.2 Å². The van der Waals surface area contributed by atoms with Gasteiger partial charge in [-0.3, -0.25) is 0 Å². The predicted molar refractivity (Wildman–Crippen MR) is 105 cm³/mol. The smallest absolute Gasteiger partial charge is 0.146 e. The summed E-state index contributed by atoms with van der Waals surface area (Å²) in [5, 5.41) is 20.0. The molecule has 0 fully saturated rings. The first kappa shape index (κ1) is 16.4. The van der Waals surface area contributed by atoms with Gasteiger partial charge in [-0.1, -0.05) is 6.58 Å². The summed E-state index contributed by atoms with van der Waals surface area (Å²) in [6, 6.07) is 4.03. The normalized spacial score (nSPS) is 13.8. The number of nitrogens with zero attached hydrogens (tertiary/aromatic N) is 5. The lowest BCUT2D eigenvalue weighted by Gasteiger charge is -2.16. The fraction of sp³-hybridized carbons (Fsp3) is 0.300. The van der Waals surface area contributed by atoms with Crippen molar-refractivity contribution in [2.24, 2.45) is 0 Å². The number of hydrogen-bond donors (Lipinski definition) is 1. The number of anilines is 2. The number of phenolic OH excluding ortho intramolecular Hbond substituents is 1. The molecule has 0 saturated heterocycles. The van der Waals surface area contributed by atoms with Crippen molar-refractivity contribution in [1.29, 1.82) is 0 Å². The number of fused-ring (bicyclic) bond motifs is 2. The van der Waals surface area contributed by atoms with Gasteiger partial charge in [-0.05, 0) is 62.1 Å². The van der Waals surface area contributed by atoms with E-state index in [2.05, 4.69) is 23.7 Å². The van der Waals surface area contributed by atoms with Gasteiger partial charge < -0.3 is 14.9 Å². The Hall–Kier alpha value is -3.02. The molecule has 0 atom stereocenters. The van der Waals surface area contributed by atoms with Gasteiger partial charge in [0.05, 0.1) is 11.4 Å². The first-order valence-electron chi connectivity index (χ1n) is 8.59. The van der Waals surface area contributed by atoms with Crippen LogP contribution < -0.4 is 9.80 Å². The van der Waals surface area contributed by atoms with E-state index in [9.17, 15) is 5.11 Å². The van der Waals surface area contributed by atoms with Crippen LogP contribution in [0.15, 0.2) is 24.5 Å². The molecule has 3 aromatic rings. The number of benzene rings is 2. The average Bonchev–Trinajstić information content (AvgIpc) is 3.12. The van der Waals surface area contributed by atoms with Crippen LogP contribution in [0.5, 0.6) is 5.75 Å². The first-order chi connectivity index (χ1) is 12.2. The molecule has 26 heavy (non-hydrogen) atoms. The summed E-state index contributed by atoms with van der Waals surface area (Å²) in [6.07, 6.45) is 0. The van der Waals surface area contributed by atoms with Gasteiger partial charge in [-0.25, -0.2) is 0 Å². The fourth-order valence-corrected chi connectivity index (χ4v) is 3.60. The van der Waals surface area contributed by atoms with Crippen LogP contribution in [0, 0.1) is 27.7 Å². The van der Waals surface area contributed by atoms with Crippen molar-refractivity contribution in [3.8, 4) is 11.4 Å². The van der Waals surface area contributed by atoms with Crippen molar-refractivity contribution >= 4 is 22.4 Å². The second kappa shape index (κ2) is 5.24. The molecule has 0 bridgehead atoms. The molecular formula is C20H23N5O. The van der Waals surface area contributed by atoms with Gasteiger partial charge in [0.1, 0.15) is 28.3 Å². The molecule has 0 radical (unpaired) electrons. The Morgan fingerprint density at radius 3 is 1.77 bits per heavy atom. The molecule has 0 spiro atoms. The Morgan fingerprint density at radius 1 is 0.808 bits per heavy atom. The summed E-state index contributed by atoms with van der Waals surface area (Å²) in [4.78, 5) is 5.63. The zero-order chi connectivity index (χ0) is 18.9. The topological polar surface area (TPSA) is 57.4 Å². The van der Waals surface area contributed by atoms with Crippen molar-refractivity contribution in [3.05, 3.63) is 46.8 Å². The van der Waals surface area contributed by atoms with E-state index in [-0.39, 0.29) is 5.75 Å². The third kappa shape index (κ3) is 1.98. The van der Waals surface area contributed by atoms with E-state index >= 15 is 0 Å². The Kier molecular flexibility index (Phi) is 3.31. The molecule has 1 aliphatic heterocycles. The van der Waals surface area contributed by atoms with E-state index in [1.54, 1.807) is 4.80 Å². The van der Waals surface area contributed by atoms with E-state index in [0.29, 0.717) is 5.69 Å². The van der Waals surface area contributed by atoms with Crippen LogP contribution in [-0.2, 0) is 0 Å². The van der Waals surface area contributed by atoms with Gasteiger partial charge in [0.2, 0.25) is 0 Å². The predicted octanol–water partition coefficient (Wildman–Crippen LogP) is 3.72. The Labute approximate surface area is 153 Å². The first-order valence-corrected chi connectivity index (χ1v) is 8.59. The fourth-order valence-electron chi connectivity index (χ4n) is 3.60. The van der Waals surface area contributed by atoms with E-state index in [1.807, 2.05) is 56.8 Å². The molecule has 0 aliphatic carbocycles. The van der Waals surface area contributed by atoms with Crippen LogP contribution in [0.25, 0.3) is 16.7 Å². The highest BCUT2D eigenvalue weighted by molar-refractivity contribution is 5.92. The summed E-state index contributed by atoms with van der Waals surface area (Å²) in [7, 11) is 3.98. The number of aromatic hydroxyl groups is 1. The van der Waals surface area contributed by atoms with E-state index < -0.39 is 0 Å². The summed E-state index contributed by atoms with van der Waals surface area (Å²) in [5.41, 5.74) is 8.42. The zero-order valence-corrected chi connectivity index (χ0v) is 16.0. The summed E-state index contributed by atoms with van der Waals surface area (Å²) in [6.45, 7) is 12.1. The Bertz CT molecular complexity index is 1020. The third-order valence-corrected chi connectivity index (χ3v) is 5.80. The van der Waals surface area contributed by atoms with Gasteiger partial charge in [-0.15, -0.1) is 15.0 Å². The molecule has 2 heterocycles. The Morgan fingerprint density at radius 2 is 1.27 bits per heavy atom. The quantitative estimate of drug-likeness (QED) is 0.726. The molecule has 134 valence electrons. The maximum atomic E-state index is 10.7. The molecule has 4 rings (SSSR count). The second-order valence-corrected chi connectivity index (χ2v) is 7.05. The number of rotatable bonds is 1. The summed E-state index contributed by atoms with van der Waals surface area (Å²) >= 11 is 0. The average molecular weight is 349 g/mol. The van der Waals surface area contributed by atoms with Crippen LogP contribution in [0.4, 0.5) is 11.4 Å². The lowest BCUT2D eigenvalue weighted by Crippen LogP contribution is -2.20. The van der Waals surface area contributed by atoms with E-state index in [1.165, 1.54) is 0 Å². The van der Waals surface area contributed by atoms with Gasteiger partial charge in [-0.2, -0.15) is 0 Å². The Balaban J connectivity index is 1.96. The number of phenols is 1. The largest absolute Gasteiger partial charge is 0.505 e. The van der Waals surface area contributed by atoms with E-state index in [4.69, 9.17) is 0 Å².